The van der Waals surface area contributed by atoms with Crippen molar-refractivity contribution in [2.24, 2.45) is 5.92 Å². The molecule has 1 unspecified atom stereocenters. The first-order valence-corrected chi connectivity index (χ1v) is 15.2. The lowest BCUT2D eigenvalue weighted by atomic mass is 9.81. The van der Waals surface area contributed by atoms with E-state index in [-0.39, 0.29) is 29.7 Å². The van der Waals surface area contributed by atoms with Gasteiger partial charge in [-0.25, -0.2) is 4.98 Å². The lowest BCUT2D eigenvalue weighted by molar-refractivity contribution is -0.136. The van der Waals surface area contributed by atoms with Gasteiger partial charge in [0.2, 0.25) is 11.8 Å². The average molecular weight is 587 g/mol. The Morgan fingerprint density at radius 2 is 2.00 bits per heavy atom. The number of nitrogens with zero attached hydrogens (tertiary/aromatic N) is 3. The van der Waals surface area contributed by atoms with Crippen molar-refractivity contribution in [1.82, 2.24) is 25.4 Å². The third-order valence-electron chi connectivity index (χ3n) is 8.57. The molecule has 0 radical (unpaired) electrons. The van der Waals surface area contributed by atoms with Gasteiger partial charge in [0, 0.05) is 66.6 Å². The van der Waals surface area contributed by atoms with Crippen LogP contribution >= 0.6 is 22.9 Å². The average Bonchev–Trinajstić information content (AvgIpc) is 3.66. The number of thiazole rings is 1. The number of aromatic nitrogens is 1. The van der Waals surface area contributed by atoms with Crippen molar-refractivity contribution >= 4 is 46.3 Å². The molecule has 4 heterocycles. The van der Waals surface area contributed by atoms with E-state index in [0.29, 0.717) is 55.2 Å². The second kappa shape index (κ2) is 11.3. The summed E-state index contributed by atoms with van der Waals surface area (Å²) in [6, 6.07) is 4.38. The van der Waals surface area contributed by atoms with E-state index in [9.17, 15) is 19.5 Å². The lowest BCUT2D eigenvalue weighted by Crippen LogP contribution is -2.57. The van der Waals surface area contributed by atoms with Crippen LogP contribution in [0.4, 0.5) is 5.69 Å². The zero-order valence-electron chi connectivity index (χ0n) is 22.5. The third-order valence-corrected chi connectivity index (χ3v) is 9.89. The Hall–Kier alpha value is -2.73. The Morgan fingerprint density at radius 3 is 2.80 bits per heavy atom. The number of carbonyl (C=O) groups excluding carboxylic acids is 3. The second-order valence-electron chi connectivity index (χ2n) is 11.5. The summed E-state index contributed by atoms with van der Waals surface area (Å²) in [5.41, 5.74) is 2.88. The normalized spacial score (nSPS) is 28.0. The van der Waals surface area contributed by atoms with Crippen molar-refractivity contribution in [3.8, 4) is 0 Å². The van der Waals surface area contributed by atoms with Gasteiger partial charge in [-0.05, 0) is 56.5 Å². The lowest BCUT2D eigenvalue weighted by Gasteiger charge is -2.38. The Labute approximate surface area is 242 Å². The molecule has 2 aromatic rings. The van der Waals surface area contributed by atoms with Crippen LogP contribution in [0.3, 0.4) is 0 Å². The minimum absolute atomic E-state index is 0.0121. The molecule has 40 heavy (non-hydrogen) atoms. The van der Waals surface area contributed by atoms with E-state index >= 15 is 0 Å². The summed E-state index contributed by atoms with van der Waals surface area (Å²) in [5.74, 6) is -0.676. The van der Waals surface area contributed by atoms with Crippen LogP contribution in [0.25, 0.3) is 0 Å². The Balaban J connectivity index is 1.16. The first-order chi connectivity index (χ1) is 19.2. The van der Waals surface area contributed by atoms with Gasteiger partial charge >= 0.3 is 0 Å². The molecule has 2 fully saturated rings. The minimum Gasteiger partial charge on any atom is -0.391 e. The molecular formula is C28H35ClN6O4S. The number of aliphatic hydroxyl groups excluding tert-OH is 1. The molecule has 1 aromatic carbocycles. The van der Waals surface area contributed by atoms with Gasteiger partial charge in [-0.1, -0.05) is 11.6 Å². The third kappa shape index (κ3) is 5.70. The molecule has 3 aliphatic heterocycles. The predicted octanol–water partition coefficient (Wildman–Crippen LogP) is 1.80. The highest BCUT2D eigenvalue weighted by molar-refractivity contribution is 7.13. The van der Waals surface area contributed by atoms with Crippen LogP contribution in [0.1, 0.15) is 51.6 Å². The molecule has 1 saturated heterocycles. The standard InChI is InChI=1S/C28H35ClN6O4S/c1-34-8-7-21-24(14-34)40-27(33-21)26(38)32-22-11-15(28(39)35-9-6-18(36)13-35)2-4-20(22)31-25(37)23-12-16-10-17(29)3-5-19(16)30-23/h3,5,10,15,18,20,22-23,30,36H,2,4,6-9,11-14H2,1H3,(H,31,37)(H,32,38)/t15-,18+,20-,22+,23?/m0/s1. The number of likely N-dealkylation sites (tertiary alicyclic amines) is 1. The van der Waals surface area contributed by atoms with Crippen LogP contribution in [0.2, 0.25) is 5.02 Å². The summed E-state index contributed by atoms with van der Waals surface area (Å²) in [6.07, 6.45) is 3.04. The SMILES string of the molecule is CN1CCc2nc(C(=O)N[C@@H]3C[C@@H](C(=O)N4CC[C@@H](O)C4)CC[C@@H]3NC(=O)C3Cc4cc(Cl)ccc4N3)sc2C1. The van der Waals surface area contributed by atoms with Crippen LogP contribution in [-0.2, 0) is 29.0 Å². The monoisotopic (exact) mass is 586 g/mol. The fraction of sp³-hybridized carbons (Fsp3) is 0.571. The number of amides is 3. The van der Waals surface area contributed by atoms with Gasteiger partial charge in [-0.3, -0.25) is 14.4 Å². The molecule has 3 amide bonds. The summed E-state index contributed by atoms with van der Waals surface area (Å²) in [4.78, 5) is 49.7. The number of β-amino-alcohol motifs (C(OH)–C–C–N with tert-alkyl or cyclic N) is 1. The molecule has 1 saturated carbocycles. The number of carbonyl (C=O) groups is 3. The summed E-state index contributed by atoms with van der Waals surface area (Å²) in [5, 5.41) is 20.6. The second-order valence-corrected chi connectivity index (χ2v) is 13.0. The number of aliphatic hydroxyl groups is 1. The maximum absolute atomic E-state index is 13.4. The molecule has 0 bridgehead atoms. The molecule has 1 aromatic heterocycles. The van der Waals surface area contributed by atoms with E-state index < -0.39 is 18.2 Å². The van der Waals surface area contributed by atoms with E-state index in [1.807, 2.05) is 12.1 Å². The number of fused-ring (bicyclic) bond motifs is 2. The number of anilines is 1. The highest BCUT2D eigenvalue weighted by Crippen LogP contribution is 2.31. The Bertz CT molecular complexity index is 1320. The highest BCUT2D eigenvalue weighted by atomic mass is 35.5. The van der Waals surface area contributed by atoms with Crippen LogP contribution < -0.4 is 16.0 Å². The Morgan fingerprint density at radius 1 is 1.15 bits per heavy atom. The topological polar surface area (TPSA) is 127 Å². The smallest absolute Gasteiger partial charge is 0.280 e. The maximum atomic E-state index is 13.4. The van der Waals surface area contributed by atoms with Gasteiger partial charge in [0.05, 0.1) is 17.8 Å². The van der Waals surface area contributed by atoms with Crippen LogP contribution in [0.15, 0.2) is 18.2 Å². The predicted molar refractivity (Wildman–Crippen MR) is 152 cm³/mol. The zero-order valence-corrected chi connectivity index (χ0v) is 24.1. The van der Waals surface area contributed by atoms with E-state index in [0.717, 1.165) is 41.3 Å². The van der Waals surface area contributed by atoms with Crippen molar-refractivity contribution in [3.63, 3.8) is 0 Å². The molecule has 4 N–H and O–H groups in total. The first-order valence-electron chi connectivity index (χ1n) is 14.0. The van der Waals surface area contributed by atoms with Gasteiger partial charge in [-0.2, -0.15) is 0 Å². The fourth-order valence-corrected chi connectivity index (χ4v) is 7.64. The van der Waals surface area contributed by atoms with Crippen LogP contribution in [-0.4, -0.2) is 88.5 Å². The zero-order chi connectivity index (χ0) is 28.0. The molecule has 0 spiro atoms. The molecule has 4 aliphatic rings. The van der Waals surface area contributed by atoms with Crippen molar-refractivity contribution in [1.29, 1.82) is 0 Å². The van der Waals surface area contributed by atoms with Crippen molar-refractivity contribution in [2.75, 3.05) is 32.0 Å². The van der Waals surface area contributed by atoms with E-state index in [1.54, 1.807) is 11.0 Å². The molecule has 10 nitrogen and oxygen atoms in total. The highest BCUT2D eigenvalue weighted by Gasteiger charge is 2.40. The van der Waals surface area contributed by atoms with Gasteiger partial charge in [0.1, 0.15) is 6.04 Å². The minimum atomic E-state index is -0.483. The van der Waals surface area contributed by atoms with E-state index in [1.165, 1.54) is 11.3 Å². The van der Waals surface area contributed by atoms with Crippen molar-refractivity contribution < 1.29 is 19.5 Å². The molecule has 214 valence electrons. The summed E-state index contributed by atoms with van der Waals surface area (Å²) in [6.45, 7) is 2.59. The summed E-state index contributed by atoms with van der Waals surface area (Å²) < 4.78 is 0. The molecule has 12 heteroatoms. The Kier molecular flexibility index (Phi) is 7.73. The van der Waals surface area contributed by atoms with Crippen LogP contribution in [0, 0.1) is 5.92 Å². The van der Waals surface area contributed by atoms with Crippen molar-refractivity contribution in [2.45, 2.75) is 69.3 Å². The maximum Gasteiger partial charge on any atom is 0.280 e. The fourth-order valence-electron chi connectivity index (χ4n) is 6.35. The van der Waals surface area contributed by atoms with E-state index in [4.69, 9.17) is 11.6 Å². The first kappa shape index (κ1) is 27.4. The van der Waals surface area contributed by atoms with Gasteiger partial charge in [-0.15, -0.1) is 11.3 Å². The number of likely N-dealkylation sites (N-methyl/N-ethyl adjacent to an activating group) is 1. The summed E-state index contributed by atoms with van der Waals surface area (Å²) in [7, 11) is 2.06. The number of rotatable bonds is 5. The number of nitrogens with one attached hydrogen (secondary N) is 3. The largest absolute Gasteiger partial charge is 0.391 e. The molecule has 5 atom stereocenters. The molecular weight excluding hydrogens is 552 g/mol. The van der Waals surface area contributed by atoms with Crippen molar-refractivity contribution in [3.05, 3.63) is 44.4 Å². The number of benzene rings is 1. The van der Waals surface area contributed by atoms with Gasteiger partial charge < -0.3 is 30.9 Å². The summed E-state index contributed by atoms with van der Waals surface area (Å²) >= 11 is 7.56. The van der Waals surface area contributed by atoms with E-state index in [2.05, 4.69) is 32.9 Å². The quantitative estimate of drug-likeness (QED) is 0.421. The van der Waals surface area contributed by atoms with Gasteiger partial charge in [0.25, 0.3) is 5.91 Å². The molecule has 1 aliphatic carbocycles. The van der Waals surface area contributed by atoms with Gasteiger partial charge in [0.15, 0.2) is 5.01 Å². The van der Waals surface area contributed by atoms with Crippen LogP contribution in [0.5, 0.6) is 0 Å². The number of halogens is 1. The molecule has 6 rings (SSSR count). The number of hydrogen-bond donors (Lipinski definition) is 4. The number of hydrogen-bond acceptors (Lipinski definition) is 8.